The van der Waals surface area contributed by atoms with Gasteiger partial charge in [-0.1, -0.05) is 29.8 Å². The summed E-state index contributed by atoms with van der Waals surface area (Å²) in [6.07, 6.45) is 0.815. The van der Waals surface area contributed by atoms with Crippen LogP contribution in [0.4, 0.5) is 0 Å². The minimum Gasteiger partial charge on any atom is -0.464 e. The van der Waals surface area contributed by atoms with Crippen molar-refractivity contribution in [1.29, 1.82) is 5.26 Å². The number of thiophene rings is 1. The zero-order valence-electron chi connectivity index (χ0n) is 11.6. The average Bonchev–Trinajstić information content (AvgIpc) is 2.87. The number of esters is 1. The molecule has 0 atom stereocenters. The number of hydrogen-bond acceptors (Lipinski definition) is 5. The highest BCUT2D eigenvalue weighted by Gasteiger charge is 2.17. The number of unbranched alkanes of at least 4 members (excludes halogenated alkanes) is 1. The van der Waals surface area contributed by atoms with Crippen molar-refractivity contribution in [2.45, 2.75) is 12.8 Å². The largest absolute Gasteiger partial charge is 0.464 e. The summed E-state index contributed by atoms with van der Waals surface area (Å²) in [7, 11) is 0. The summed E-state index contributed by atoms with van der Waals surface area (Å²) in [4.78, 5) is 23.9. The SMILES string of the molecule is N#CCCCOC(=O)CNC(=O)c1sc2ccccc2c1Cl. The van der Waals surface area contributed by atoms with Crippen molar-refractivity contribution in [2.75, 3.05) is 13.2 Å². The van der Waals surface area contributed by atoms with Gasteiger partial charge in [-0.15, -0.1) is 11.3 Å². The number of rotatable bonds is 6. The number of fused-ring (bicyclic) bond motifs is 1. The molecule has 0 aliphatic carbocycles. The minimum absolute atomic E-state index is 0.173. The molecule has 1 amide bonds. The number of carbonyl (C=O) groups excluding carboxylic acids is 2. The molecule has 0 aliphatic heterocycles. The van der Waals surface area contributed by atoms with Crippen molar-refractivity contribution in [2.24, 2.45) is 0 Å². The van der Waals surface area contributed by atoms with Gasteiger partial charge in [0.05, 0.1) is 17.7 Å². The number of carbonyl (C=O) groups is 2. The number of amides is 1. The second kappa shape index (κ2) is 7.78. The summed E-state index contributed by atoms with van der Waals surface area (Å²) in [5, 5.41) is 12.1. The van der Waals surface area contributed by atoms with E-state index in [9.17, 15) is 9.59 Å². The van der Waals surface area contributed by atoms with Crippen molar-refractivity contribution in [1.82, 2.24) is 5.32 Å². The predicted octanol–water partition coefficient (Wildman–Crippen LogP) is 3.13. The topological polar surface area (TPSA) is 79.2 Å². The molecule has 0 spiro atoms. The van der Waals surface area contributed by atoms with Crippen molar-refractivity contribution < 1.29 is 14.3 Å². The molecule has 1 heterocycles. The van der Waals surface area contributed by atoms with Gasteiger partial charge in [-0.05, 0) is 12.5 Å². The fraction of sp³-hybridized carbons (Fsp3) is 0.267. The lowest BCUT2D eigenvalue weighted by molar-refractivity contribution is -0.142. The molecule has 1 aromatic carbocycles. The van der Waals surface area contributed by atoms with Crippen LogP contribution in [-0.4, -0.2) is 25.0 Å². The van der Waals surface area contributed by atoms with E-state index in [0.717, 1.165) is 10.1 Å². The van der Waals surface area contributed by atoms with E-state index in [0.29, 0.717) is 22.7 Å². The third kappa shape index (κ3) is 3.97. The van der Waals surface area contributed by atoms with Crippen molar-refractivity contribution in [3.63, 3.8) is 0 Å². The van der Waals surface area contributed by atoms with Gasteiger partial charge < -0.3 is 10.1 Å². The second-order valence-electron chi connectivity index (χ2n) is 4.41. The molecule has 0 saturated carbocycles. The van der Waals surface area contributed by atoms with Gasteiger partial charge in [0.2, 0.25) is 0 Å². The first kappa shape index (κ1) is 16.3. The first-order valence-electron chi connectivity index (χ1n) is 6.61. The molecule has 1 N–H and O–H groups in total. The van der Waals surface area contributed by atoms with E-state index < -0.39 is 11.9 Å². The predicted molar refractivity (Wildman–Crippen MR) is 85.0 cm³/mol. The lowest BCUT2D eigenvalue weighted by Crippen LogP contribution is -2.30. The Balaban J connectivity index is 1.90. The Morgan fingerprint density at radius 1 is 1.36 bits per heavy atom. The van der Waals surface area contributed by atoms with E-state index in [2.05, 4.69) is 5.32 Å². The highest BCUT2D eigenvalue weighted by atomic mass is 35.5. The maximum Gasteiger partial charge on any atom is 0.325 e. The van der Waals surface area contributed by atoms with Crippen LogP contribution in [-0.2, 0) is 9.53 Å². The molecular formula is C15H13ClN2O3S. The molecule has 0 saturated heterocycles. The van der Waals surface area contributed by atoms with Crippen LogP contribution in [0.5, 0.6) is 0 Å². The summed E-state index contributed by atoms with van der Waals surface area (Å²) in [5.41, 5.74) is 0. The van der Waals surface area contributed by atoms with Gasteiger partial charge in [-0.25, -0.2) is 0 Å². The van der Waals surface area contributed by atoms with Crippen LogP contribution < -0.4 is 5.32 Å². The van der Waals surface area contributed by atoms with Crippen molar-refractivity contribution >= 4 is 44.9 Å². The summed E-state index contributed by atoms with van der Waals surface area (Å²) < 4.78 is 5.80. The lowest BCUT2D eigenvalue weighted by Gasteiger charge is -2.05. The van der Waals surface area contributed by atoms with Crippen LogP contribution in [0.25, 0.3) is 10.1 Å². The number of benzene rings is 1. The van der Waals surface area contributed by atoms with Crippen LogP contribution in [0.2, 0.25) is 5.02 Å². The smallest absolute Gasteiger partial charge is 0.325 e. The Morgan fingerprint density at radius 3 is 2.86 bits per heavy atom. The van der Waals surface area contributed by atoms with E-state index in [1.165, 1.54) is 11.3 Å². The maximum atomic E-state index is 12.1. The first-order chi connectivity index (χ1) is 10.6. The maximum absolute atomic E-state index is 12.1. The fourth-order valence-corrected chi connectivity index (χ4v) is 3.21. The number of hydrogen-bond donors (Lipinski definition) is 1. The van der Waals surface area contributed by atoms with Crippen LogP contribution >= 0.6 is 22.9 Å². The monoisotopic (exact) mass is 336 g/mol. The molecule has 2 aromatic rings. The lowest BCUT2D eigenvalue weighted by atomic mass is 10.2. The standard InChI is InChI=1S/C15H13ClN2O3S/c16-13-10-5-1-2-6-11(10)22-14(13)15(20)18-9-12(19)21-8-4-3-7-17/h1-2,5-6H,3-4,8-9H2,(H,18,20). The van der Waals surface area contributed by atoms with E-state index in [1.807, 2.05) is 30.3 Å². The van der Waals surface area contributed by atoms with E-state index in [4.69, 9.17) is 21.6 Å². The summed E-state index contributed by atoms with van der Waals surface area (Å²) in [6, 6.07) is 9.40. The summed E-state index contributed by atoms with van der Waals surface area (Å²) in [6.45, 7) is -0.0537. The third-order valence-electron chi connectivity index (χ3n) is 2.83. The number of ether oxygens (including phenoxy) is 1. The molecule has 7 heteroatoms. The molecule has 114 valence electrons. The molecule has 22 heavy (non-hydrogen) atoms. The molecule has 0 radical (unpaired) electrons. The Labute approximate surface area is 136 Å². The number of nitrogens with one attached hydrogen (secondary N) is 1. The number of halogens is 1. The van der Waals surface area contributed by atoms with Crippen LogP contribution in [0, 0.1) is 11.3 Å². The zero-order valence-corrected chi connectivity index (χ0v) is 13.2. The summed E-state index contributed by atoms with van der Waals surface area (Å²) in [5.74, 6) is -0.941. The van der Waals surface area contributed by atoms with Gasteiger partial charge in [0.1, 0.15) is 11.4 Å². The second-order valence-corrected chi connectivity index (χ2v) is 5.84. The normalized spacial score (nSPS) is 10.2. The number of nitrogens with zero attached hydrogens (tertiary/aromatic N) is 1. The molecule has 0 unspecified atom stereocenters. The Bertz CT molecular complexity index is 736. The highest BCUT2D eigenvalue weighted by molar-refractivity contribution is 7.21. The van der Waals surface area contributed by atoms with Crippen LogP contribution in [0.1, 0.15) is 22.5 Å². The quantitative estimate of drug-likeness (QED) is 0.649. The molecule has 0 bridgehead atoms. The minimum atomic E-state index is -0.538. The Hall–Kier alpha value is -2.10. The van der Waals surface area contributed by atoms with Gasteiger partial charge in [0.25, 0.3) is 5.91 Å². The highest BCUT2D eigenvalue weighted by Crippen LogP contribution is 2.34. The fourth-order valence-electron chi connectivity index (χ4n) is 1.78. The summed E-state index contributed by atoms with van der Waals surface area (Å²) >= 11 is 7.46. The van der Waals surface area contributed by atoms with E-state index in [1.54, 1.807) is 0 Å². The van der Waals surface area contributed by atoms with Gasteiger partial charge in [0, 0.05) is 16.5 Å². The number of nitriles is 1. The zero-order chi connectivity index (χ0) is 15.9. The van der Waals surface area contributed by atoms with Gasteiger partial charge >= 0.3 is 5.97 Å². The van der Waals surface area contributed by atoms with E-state index >= 15 is 0 Å². The van der Waals surface area contributed by atoms with Gasteiger partial charge in [0.15, 0.2) is 0 Å². The molecule has 0 aliphatic rings. The van der Waals surface area contributed by atoms with Gasteiger partial charge in [-0.2, -0.15) is 5.26 Å². The Morgan fingerprint density at radius 2 is 2.14 bits per heavy atom. The van der Waals surface area contributed by atoms with Crippen LogP contribution in [0.3, 0.4) is 0 Å². The molecule has 0 fully saturated rings. The third-order valence-corrected chi connectivity index (χ3v) is 4.50. The first-order valence-corrected chi connectivity index (χ1v) is 7.80. The Kier molecular flexibility index (Phi) is 5.75. The van der Waals surface area contributed by atoms with Crippen LogP contribution in [0.15, 0.2) is 24.3 Å². The molecule has 5 nitrogen and oxygen atoms in total. The molecule has 2 rings (SSSR count). The molecular weight excluding hydrogens is 324 g/mol. The van der Waals surface area contributed by atoms with Crippen molar-refractivity contribution in [3.8, 4) is 6.07 Å². The van der Waals surface area contributed by atoms with Gasteiger partial charge in [-0.3, -0.25) is 9.59 Å². The molecule has 1 aromatic heterocycles. The van der Waals surface area contributed by atoms with Crippen molar-refractivity contribution in [3.05, 3.63) is 34.2 Å². The van der Waals surface area contributed by atoms with E-state index in [-0.39, 0.29) is 13.2 Å². The average molecular weight is 337 g/mol.